The van der Waals surface area contributed by atoms with Crippen LogP contribution in [-0.2, 0) is 5.75 Å². The minimum Gasteiger partial charge on any atom is -0.383 e. The third-order valence-electron chi connectivity index (χ3n) is 2.43. The molecular weight excluding hydrogens is 264 g/mol. The van der Waals surface area contributed by atoms with Crippen LogP contribution in [0.15, 0.2) is 34.1 Å². The van der Waals surface area contributed by atoms with Gasteiger partial charge in [0.05, 0.1) is 0 Å². The van der Waals surface area contributed by atoms with E-state index in [1.165, 1.54) is 17.8 Å². The number of fused-ring (bicyclic) bond motifs is 1. The van der Waals surface area contributed by atoms with Gasteiger partial charge < -0.3 is 11.5 Å². The molecule has 0 atom stereocenters. The van der Waals surface area contributed by atoms with E-state index in [4.69, 9.17) is 11.5 Å². The molecule has 7 nitrogen and oxygen atoms in total. The van der Waals surface area contributed by atoms with E-state index in [1.54, 1.807) is 0 Å². The van der Waals surface area contributed by atoms with Crippen molar-refractivity contribution in [3.8, 4) is 0 Å². The van der Waals surface area contributed by atoms with Crippen LogP contribution in [0.5, 0.6) is 0 Å². The van der Waals surface area contributed by atoms with Crippen molar-refractivity contribution in [2.45, 2.75) is 10.9 Å². The Hall–Kier alpha value is -2.35. The normalized spacial score (nSPS) is 10.9. The Balaban J connectivity index is 1.77. The first-order valence-corrected chi connectivity index (χ1v) is 6.43. The minimum absolute atomic E-state index is 0.367. The maximum Gasteiger partial charge on any atom is 0.191 e. The summed E-state index contributed by atoms with van der Waals surface area (Å²) >= 11 is 1.45. The maximum absolute atomic E-state index is 5.61. The van der Waals surface area contributed by atoms with E-state index in [9.17, 15) is 0 Å². The Morgan fingerprint density at radius 3 is 2.53 bits per heavy atom. The first-order valence-electron chi connectivity index (χ1n) is 5.45. The van der Waals surface area contributed by atoms with Crippen LogP contribution in [0.3, 0.4) is 0 Å². The first kappa shape index (κ1) is 11.7. The van der Waals surface area contributed by atoms with Gasteiger partial charge in [-0.25, -0.2) is 14.6 Å². The molecule has 0 bridgehead atoms. The molecule has 0 radical (unpaired) electrons. The standard InChI is InChI=1S/C11H10N6OS/c12-9-4-10(13)15-11(14-9)19-5-6-1-2-7-8(3-6)17-18-16-7/h1-4H,5H2,(H4,12,13,14,15). The van der Waals surface area contributed by atoms with Gasteiger partial charge in [0.25, 0.3) is 0 Å². The maximum atomic E-state index is 5.61. The molecule has 96 valence electrons. The number of thioether (sulfide) groups is 1. The molecule has 0 aliphatic rings. The highest BCUT2D eigenvalue weighted by atomic mass is 32.2. The zero-order chi connectivity index (χ0) is 13.2. The Morgan fingerprint density at radius 1 is 1.00 bits per heavy atom. The Labute approximate surface area is 112 Å². The Morgan fingerprint density at radius 2 is 1.74 bits per heavy atom. The van der Waals surface area contributed by atoms with Crippen LogP contribution < -0.4 is 11.5 Å². The summed E-state index contributed by atoms with van der Waals surface area (Å²) in [6.45, 7) is 0. The van der Waals surface area contributed by atoms with E-state index in [-0.39, 0.29) is 0 Å². The van der Waals surface area contributed by atoms with E-state index in [2.05, 4.69) is 24.9 Å². The number of nitrogens with two attached hydrogens (primary N) is 2. The average molecular weight is 274 g/mol. The zero-order valence-corrected chi connectivity index (χ0v) is 10.6. The van der Waals surface area contributed by atoms with Crippen molar-refractivity contribution < 1.29 is 4.63 Å². The molecule has 4 N–H and O–H groups in total. The van der Waals surface area contributed by atoms with E-state index >= 15 is 0 Å². The molecular formula is C11H10N6OS. The van der Waals surface area contributed by atoms with Gasteiger partial charge in [0.1, 0.15) is 22.7 Å². The quantitative estimate of drug-likeness (QED) is 0.544. The lowest BCUT2D eigenvalue weighted by Gasteiger charge is -2.02. The number of nitrogens with zero attached hydrogens (tertiary/aromatic N) is 4. The molecule has 3 aromatic rings. The van der Waals surface area contributed by atoms with Gasteiger partial charge in [-0.3, -0.25) is 0 Å². The topological polar surface area (TPSA) is 117 Å². The van der Waals surface area contributed by atoms with Crippen molar-refractivity contribution in [1.82, 2.24) is 20.3 Å². The summed E-state index contributed by atoms with van der Waals surface area (Å²) < 4.78 is 4.65. The largest absolute Gasteiger partial charge is 0.383 e. The second kappa shape index (κ2) is 4.73. The van der Waals surface area contributed by atoms with Crippen LogP contribution in [0.2, 0.25) is 0 Å². The fourth-order valence-corrected chi connectivity index (χ4v) is 2.41. The third kappa shape index (κ3) is 2.58. The molecule has 1 aromatic carbocycles. The highest BCUT2D eigenvalue weighted by Gasteiger charge is 2.05. The van der Waals surface area contributed by atoms with Crippen LogP contribution in [0.4, 0.5) is 11.6 Å². The summed E-state index contributed by atoms with van der Waals surface area (Å²) in [5.74, 6) is 1.42. The van der Waals surface area contributed by atoms with Crippen LogP contribution in [-0.4, -0.2) is 20.3 Å². The molecule has 0 unspecified atom stereocenters. The van der Waals surface area contributed by atoms with Gasteiger partial charge in [-0.1, -0.05) is 17.8 Å². The SMILES string of the molecule is Nc1cc(N)nc(SCc2ccc3nonc3c2)n1. The predicted octanol–water partition coefficient (Wildman–Crippen LogP) is 1.47. The molecule has 0 fully saturated rings. The number of hydrogen-bond acceptors (Lipinski definition) is 8. The van der Waals surface area contributed by atoms with Crippen molar-refractivity contribution in [2.75, 3.05) is 11.5 Å². The summed E-state index contributed by atoms with van der Waals surface area (Å²) in [6, 6.07) is 7.25. The summed E-state index contributed by atoms with van der Waals surface area (Å²) in [5, 5.41) is 8.10. The molecule has 19 heavy (non-hydrogen) atoms. The molecule has 0 saturated heterocycles. The number of anilines is 2. The Bertz CT molecular complexity index is 708. The lowest BCUT2D eigenvalue weighted by atomic mass is 10.2. The van der Waals surface area contributed by atoms with Crippen LogP contribution in [0.25, 0.3) is 11.0 Å². The van der Waals surface area contributed by atoms with Gasteiger partial charge in [0, 0.05) is 11.8 Å². The molecule has 8 heteroatoms. The summed E-state index contributed by atoms with van der Waals surface area (Å²) in [5.41, 5.74) is 13.8. The first-order chi connectivity index (χ1) is 9.20. The van der Waals surface area contributed by atoms with Crippen LogP contribution in [0, 0.1) is 0 Å². The lowest BCUT2D eigenvalue weighted by Crippen LogP contribution is -1.99. The number of nitrogen functional groups attached to an aromatic ring is 2. The molecule has 0 aliphatic carbocycles. The van der Waals surface area contributed by atoms with Crippen molar-refractivity contribution in [1.29, 1.82) is 0 Å². The molecule has 0 saturated carbocycles. The van der Waals surface area contributed by atoms with E-state index < -0.39 is 0 Å². The van der Waals surface area contributed by atoms with Gasteiger partial charge >= 0.3 is 0 Å². The van der Waals surface area contributed by atoms with Crippen LogP contribution >= 0.6 is 11.8 Å². The zero-order valence-electron chi connectivity index (χ0n) is 9.78. The fourth-order valence-electron chi connectivity index (χ4n) is 1.59. The third-order valence-corrected chi connectivity index (χ3v) is 3.35. The van der Waals surface area contributed by atoms with Gasteiger partial charge in [-0.2, -0.15) is 0 Å². The second-order valence-corrected chi connectivity index (χ2v) is 4.82. The van der Waals surface area contributed by atoms with E-state index in [0.29, 0.717) is 22.5 Å². The van der Waals surface area contributed by atoms with E-state index in [1.807, 2.05) is 18.2 Å². The highest BCUT2D eigenvalue weighted by molar-refractivity contribution is 7.98. The van der Waals surface area contributed by atoms with Crippen molar-refractivity contribution in [3.05, 3.63) is 29.8 Å². The number of hydrogen-bond donors (Lipinski definition) is 2. The van der Waals surface area contributed by atoms with Crippen molar-refractivity contribution in [2.24, 2.45) is 0 Å². The predicted molar refractivity (Wildman–Crippen MR) is 72.2 cm³/mol. The molecule has 3 rings (SSSR count). The fraction of sp³-hybridized carbons (Fsp3) is 0.0909. The Kier molecular flexibility index (Phi) is 2.92. The molecule has 0 aliphatic heterocycles. The van der Waals surface area contributed by atoms with Crippen molar-refractivity contribution in [3.63, 3.8) is 0 Å². The van der Waals surface area contributed by atoms with Gasteiger partial charge in [0.2, 0.25) is 0 Å². The van der Waals surface area contributed by atoms with Crippen LogP contribution in [0.1, 0.15) is 5.56 Å². The monoisotopic (exact) mass is 274 g/mol. The summed E-state index contributed by atoms with van der Waals surface area (Å²) in [4.78, 5) is 8.21. The average Bonchev–Trinajstić information content (AvgIpc) is 2.82. The second-order valence-electron chi connectivity index (χ2n) is 3.88. The van der Waals surface area contributed by atoms with Gasteiger partial charge in [-0.05, 0) is 28.0 Å². The lowest BCUT2D eigenvalue weighted by molar-refractivity contribution is 0.315. The van der Waals surface area contributed by atoms with Gasteiger partial charge in [0.15, 0.2) is 5.16 Å². The minimum atomic E-state index is 0.367. The number of benzene rings is 1. The molecule has 0 spiro atoms. The summed E-state index contributed by atoms with van der Waals surface area (Å²) in [6.07, 6.45) is 0. The molecule has 2 aromatic heterocycles. The number of aromatic nitrogens is 4. The highest BCUT2D eigenvalue weighted by Crippen LogP contribution is 2.22. The molecule has 2 heterocycles. The smallest absolute Gasteiger partial charge is 0.191 e. The van der Waals surface area contributed by atoms with Gasteiger partial charge in [-0.15, -0.1) is 0 Å². The van der Waals surface area contributed by atoms with E-state index in [0.717, 1.165) is 16.6 Å². The molecule has 0 amide bonds. The number of rotatable bonds is 3. The summed E-state index contributed by atoms with van der Waals surface area (Å²) in [7, 11) is 0. The van der Waals surface area contributed by atoms with Crippen molar-refractivity contribution >= 4 is 34.4 Å².